The molecule has 0 bridgehead atoms. The molecule has 1 amide bonds. The molecular formula is C15H18N2OS. The minimum Gasteiger partial charge on any atom is -0.351 e. The smallest absolute Gasteiger partial charge is 0.270 e. The molecule has 1 aliphatic rings. The number of hydrogen-bond donors (Lipinski definition) is 1. The van der Waals surface area contributed by atoms with Crippen LogP contribution in [-0.2, 0) is 0 Å². The van der Waals surface area contributed by atoms with Gasteiger partial charge in [-0.3, -0.25) is 4.79 Å². The van der Waals surface area contributed by atoms with Gasteiger partial charge in [-0.2, -0.15) is 11.8 Å². The highest BCUT2D eigenvalue weighted by Crippen LogP contribution is 2.22. The highest BCUT2D eigenvalue weighted by atomic mass is 32.2. The fourth-order valence-electron chi connectivity index (χ4n) is 2.65. The summed E-state index contributed by atoms with van der Waals surface area (Å²) in [6.45, 7) is 5.89. The van der Waals surface area contributed by atoms with Gasteiger partial charge in [0, 0.05) is 35.5 Å². The zero-order valence-corrected chi connectivity index (χ0v) is 12.1. The van der Waals surface area contributed by atoms with Crippen LogP contribution in [0.3, 0.4) is 0 Å². The van der Waals surface area contributed by atoms with E-state index < -0.39 is 0 Å². The number of H-pyrrole nitrogens is 1. The first kappa shape index (κ1) is 12.6. The quantitative estimate of drug-likeness (QED) is 0.868. The van der Waals surface area contributed by atoms with E-state index in [1.165, 1.54) is 11.1 Å². The lowest BCUT2D eigenvalue weighted by Crippen LogP contribution is -2.38. The number of nitrogens with one attached hydrogen (secondary N) is 1. The van der Waals surface area contributed by atoms with Gasteiger partial charge < -0.3 is 9.88 Å². The lowest BCUT2D eigenvalue weighted by molar-refractivity contribution is 0.0767. The molecule has 100 valence electrons. The van der Waals surface area contributed by atoms with Crippen molar-refractivity contribution in [2.24, 2.45) is 0 Å². The number of carbonyl (C=O) groups excluding carboxylic acids is 1. The molecule has 4 heteroatoms. The molecule has 0 aliphatic carbocycles. The Morgan fingerprint density at radius 2 is 1.95 bits per heavy atom. The van der Waals surface area contributed by atoms with Gasteiger partial charge in [-0.1, -0.05) is 6.07 Å². The molecule has 0 atom stereocenters. The number of nitrogens with zero attached hydrogens (tertiary/aromatic N) is 1. The number of carbonyl (C=O) groups is 1. The number of aromatic nitrogens is 1. The van der Waals surface area contributed by atoms with E-state index in [0.717, 1.165) is 41.2 Å². The summed E-state index contributed by atoms with van der Waals surface area (Å²) in [5.74, 6) is 2.22. The van der Waals surface area contributed by atoms with E-state index >= 15 is 0 Å². The number of aromatic amines is 1. The van der Waals surface area contributed by atoms with Crippen molar-refractivity contribution in [1.82, 2.24) is 9.88 Å². The monoisotopic (exact) mass is 274 g/mol. The van der Waals surface area contributed by atoms with Crippen LogP contribution in [-0.4, -0.2) is 40.4 Å². The van der Waals surface area contributed by atoms with E-state index in [2.05, 4.69) is 31.0 Å². The first-order valence-electron chi connectivity index (χ1n) is 6.62. The molecule has 1 fully saturated rings. The van der Waals surface area contributed by atoms with Crippen LogP contribution in [0.2, 0.25) is 0 Å². The van der Waals surface area contributed by atoms with Crippen molar-refractivity contribution < 1.29 is 4.79 Å². The van der Waals surface area contributed by atoms with E-state index in [1.807, 2.05) is 22.7 Å². The third-order valence-corrected chi connectivity index (χ3v) is 4.56. The second-order valence-corrected chi connectivity index (χ2v) is 6.36. The number of thioether (sulfide) groups is 1. The van der Waals surface area contributed by atoms with Gasteiger partial charge in [0.2, 0.25) is 0 Å². The highest BCUT2D eigenvalue weighted by Gasteiger charge is 2.20. The zero-order chi connectivity index (χ0) is 13.4. The molecule has 0 unspecified atom stereocenters. The summed E-state index contributed by atoms with van der Waals surface area (Å²) >= 11 is 1.92. The summed E-state index contributed by atoms with van der Waals surface area (Å²) in [5.41, 5.74) is 4.22. The summed E-state index contributed by atoms with van der Waals surface area (Å²) in [5, 5.41) is 1.15. The standard InChI is InChI=1S/C15H18N2OS/c1-10-7-11(2)12-9-14(16-13(12)8-10)15(18)17-3-5-19-6-4-17/h7-9,16H,3-6H2,1-2H3. The lowest BCUT2D eigenvalue weighted by Gasteiger charge is -2.25. The topological polar surface area (TPSA) is 36.1 Å². The van der Waals surface area contributed by atoms with Gasteiger partial charge in [0.25, 0.3) is 5.91 Å². The minimum absolute atomic E-state index is 0.133. The Kier molecular flexibility index (Phi) is 3.27. The van der Waals surface area contributed by atoms with Crippen LogP contribution in [0.15, 0.2) is 18.2 Å². The third kappa shape index (κ3) is 2.37. The number of rotatable bonds is 1. The van der Waals surface area contributed by atoms with Crippen molar-refractivity contribution in [1.29, 1.82) is 0 Å². The van der Waals surface area contributed by atoms with E-state index in [-0.39, 0.29) is 5.91 Å². The predicted octanol–water partition coefficient (Wildman–Crippen LogP) is 2.97. The van der Waals surface area contributed by atoms with Crippen molar-refractivity contribution in [3.05, 3.63) is 35.0 Å². The summed E-state index contributed by atoms with van der Waals surface area (Å²) < 4.78 is 0. The molecule has 19 heavy (non-hydrogen) atoms. The Morgan fingerprint density at radius 3 is 2.68 bits per heavy atom. The summed E-state index contributed by atoms with van der Waals surface area (Å²) in [7, 11) is 0. The van der Waals surface area contributed by atoms with Crippen LogP contribution < -0.4 is 0 Å². The van der Waals surface area contributed by atoms with E-state index in [0.29, 0.717) is 0 Å². The van der Waals surface area contributed by atoms with Crippen molar-refractivity contribution in [2.45, 2.75) is 13.8 Å². The molecule has 1 aromatic heterocycles. The van der Waals surface area contributed by atoms with Crippen molar-refractivity contribution in [2.75, 3.05) is 24.6 Å². The second-order valence-electron chi connectivity index (χ2n) is 5.13. The fourth-order valence-corrected chi connectivity index (χ4v) is 3.55. The third-order valence-electron chi connectivity index (χ3n) is 3.62. The average Bonchev–Trinajstić information content (AvgIpc) is 2.83. The van der Waals surface area contributed by atoms with Crippen LogP contribution >= 0.6 is 11.8 Å². The van der Waals surface area contributed by atoms with Crippen LogP contribution in [0, 0.1) is 13.8 Å². The predicted molar refractivity (Wildman–Crippen MR) is 81.0 cm³/mol. The largest absolute Gasteiger partial charge is 0.351 e. The maximum Gasteiger partial charge on any atom is 0.270 e. The van der Waals surface area contributed by atoms with Gasteiger partial charge >= 0.3 is 0 Å². The number of amides is 1. The summed E-state index contributed by atoms with van der Waals surface area (Å²) in [6.07, 6.45) is 0. The normalized spacial score (nSPS) is 16.0. The summed E-state index contributed by atoms with van der Waals surface area (Å²) in [6, 6.07) is 6.25. The van der Waals surface area contributed by atoms with E-state index in [1.54, 1.807) is 0 Å². The molecule has 0 saturated carbocycles. The van der Waals surface area contributed by atoms with E-state index in [9.17, 15) is 4.79 Å². The zero-order valence-electron chi connectivity index (χ0n) is 11.3. The molecule has 1 N–H and O–H groups in total. The molecule has 2 aromatic rings. The second kappa shape index (κ2) is 4.93. The van der Waals surface area contributed by atoms with Crippen molar-refractivity contribution in [3.8, 4) is 0 Å². The van der Waals surface area contributed by atoms with Crippen LogP contribution in [0.4, 0.5) is 0 Å². The Labute approximate surface area is 117 Å². The molecule has 1 saturated heterocycles. The first-order chi connectivity index (χ1) is 9.15. The number of hydrogen-bond acceptors (Lipinski definition) is 2. The molecule has 2 heterocycles. The molecule has 3 rings (SSSR count). The van der Waals surface area contributed by atoms with Gasteiger partial charge in [0.1, 0.15) is 5.69 Å². The van der Waals surface area contributed by atoms with Crippen LogP contribution in [0.25, 0.3) is 10.9 Å². The van der Waals surface area contributed by atoms with Crippen LogP contribution in [0.5, 0.6) is 0 Å². The summed E-state index contributed by atoms with van der Waals surface area (Å²) in [4.78, 5) is 17.7. The molecule has 3 nitrogen and oxygen atoms in total. The Balaban J connectivity index is 1.96. The maximum absolute atomic E-state index is 12.5. The molecular weight excluding hydrogens is 256 g/mol. The number of aryl methyl sites for hydroxylation is 2. The molecule has 1 aliphatic heterocycles. The Bertz CT molecular complexity index is 626. The fraction of sp³-hybridized carbons (Fsp3) is 0.400. The van der Waals surface area contributed by atoms with Gasteiger partial charge in [0.15, 0.2) is 0 Å². The van der Waals surface area contributed by atoms with Crippen molar-refractivity contribution in [3.63, 3.8) is 0 Å². The van der Waals surface area contributed by atoms with Crippen LogP contribution in [0.1, 0.15) is 21.6 Å². The van der Waals surface area contributed by atoms with Gasteiger partial charge in [-0.05, 0) is 37.1 Å². The first-order valence-corrected chi connectivity index (χ1v) is 7.77. The maximum atomic E-state index is 12.5. The lowest BCUT2D eigenvalue weighted by atomic mass is 10.1. The van der Waals surface area contributed by atoms with Gasteiger partial charge in [-0.15, -0.1) is 0 Å². The number of benzene rings is 1. The number of fused-ring (bicyclic) bond motifs is 1. The molecule has 1 aromatic carbocycles. The molecule has 0 radical (unpaired) electrons. The Morgan fingerprint density at radius 1 is 1.21 bits per heavy atom. The molecule has 0 spiro atoms. The highest BCUT2D eigenvalue weighted by molar-refractivity contribution is 7.99. The van der Waals surface area contributed by atoms with Gasteiger partial charge in [-0.25, -0.2) is 0 Å². The SMILES string of the molecule is Cc1cc(C)c2cc(C(=O)N3CCSCC3)[nH]c2c1. The van der Waals surface area contributed by atoms with E-state index in [4.69, 9.17) is 0 Å². The Hall–Kier alpha value is -1.42. The van der Waals surface area contributed by atoms with Gasteiger partial charge in [0.05, 0.1) is 0 Å². The van der Waals surface area contributed by atoms with Crippen molar-refractivity contribution >= 4 is 28.6 Å². The minimum atomic E-state index is 0.133. The average molecular weight is 274 g/mol.